The van der Waals surface area contributed by atoms with E-state index in [2.05, 4.69) is 36.2 Å². The first-order chi connectivity index (χ1) is 24.5. The summed E-state index contributed by atoms with van der Waals surface area (Å²) in [5.74, 6) is -2.72. The number of carbonyl (C=O) groups excluding carboxylic acids is 4. The highest BCUT2D eigenvalue weighted by molar-refractivity contribution is 6.24. The van der Waals surface area contributed by atoms with Crippen LogP contribution in [0.3, 0.4) is 0 Å². The highest BCUT2D eigenvalue weighted by Gasteiger charge is 2.45. The summed E-state index contributed by atoms with van der Waals surface area (Å²) in [6.45, 7) is 10.1. The third kappa shape index (κ3) is 4.99. The minimum Gasteiger partial charge on any atom is -0.455 e. The van der Waals surface area contributed by atoms with Crippen LogP contribution in [0, 0.1) is 6.92 Å². The summed E-state index contributed by atoms with van der Waals surface area (Å²) in [6.07, 6.45) is 4.79. The van der Waals surface area contributed by atoms with Crippen LogP contribution >= 0.6 is 0 Å². The quantitative estimate of drug-likeness (QED) is 0.174. The predicted molar refractivity (Wildman–Crippen MR) is 189 cm³/mol. The predicted octanol–water partition coefficient (Wildman–Crippen LogP) is 5.95. The molecular weight excluding hydrogens is 646 g/mol. The van der Waals surface area contributed by atoms with Crippen LogP contribution in [-0.4, -0.2) is 48.6 Å². The fourth-order valence-electron chi connectivity index (χ4n) is 7.86. The molecule has 1 saturated heterocycles. The molecule has 3 N–H and O–H groups in total. The van der Waals surface area contributed by atoms with Gasteiger partial charge in [0.2, 0.25) is 0 Å². The van der Waals surface area contributed by atoms with E-state index < -0.39 is 29.7 Å². The summed E-state index contributed by atoms with van der Waals surface area (Å²) in [6, 6.07) is 9.06. The number of ether oxygens (including phenoxy) is 1. The molecule has 258 valence electrons. The Hall–Kier alpha value is -5.91. The number of hydrogen-bond acceptors (Lipinski definition) is 7. The van der Waals surface area contributed by atoms with Crippen LogP contribution < -0.4 is 9.99 Å². The minimum atomic E-state index is -0.706. The van der Waals surface area contributed by atoms with Crippen LogP contribution in [0.1, 0.15) is 136 Å². The molecule has 0 spiro atoms. The number of nitrogens with zero attached hydrogens (tertiary/aromatic N) is 4. The fourth-order valence-corrected chi connectivity index (χ4v) is 7.86. The molecule has 0 aromatic carbocycles. The number of rotatable bonds is 4. The van der Waals surface area contributed by atoms with Crippen molar-refractivity contribution < 1.29 is 28.5 Å². The number of H-pyrrole nitrogens is 2. The van der Waals surface area contributed by atoms with E-state index in [9.17, 15) is 19.2 Å². The van der Waals surface area contributed by atoms with Crippen molar-refractivity contribution in [1.82, 2.24) is 30.4 Å². The number of hydrogen-bond donors (Lipinski definition) is 3. The van der Waals surface area contributed by atoms with Crippen molar-refractivity contribution in [1.29, 1.82) is 0 Å². The van der Waals surface area contributed by atoms with Gasteiger partial charge in [-0.2, -0.15) is 5.01 Å². The summed E-state index contributed by atoms with van der Waals surface area (Å²) in [5.41, 5.74) is 13.3. The second-order valence-corrected chi connectivity index (χ2v) is 13.6. The molecule has 8 rings (SSSR count). The Morgan fingerprint density at radius 3 is 2.20 bits per heavy atom. The number of pyridine rings is 1. The molecule has 8 heterocycles. The van der Waals surface area contributed by atoms with Gasteiger partial charge in [-0.3, -0.25) is 24.6 Å². The lowest BCUT2D eigenvalue weighted by molar-refractivity contribution is -0.671. The number of allylic oxidation sites excluding steroid dienone is 4. The number of carbonyl (C=O) groups is 4. The molecule has 5 aliphatic rings. The zero-order valence-corrected chi connectivity index (χ0v) is 29.4. The zero-order chi connectivity index (χ0) is 35.9. The summed E-state index contributed by atoms with van der Waals surface area (Å²) in [5, 5.41) is 0.796. The van der Waals surface area contributed by atoms with E-state index in [-0.39, 0.29) is 29.1 Å². The van der Waals surface area contributed by atoms with Gasteiger partial charge >= 0.3 is 5.97 Å². The molecular formula is C39H38N7O5+. The molecule has 3 aromatic heterocycles. The average Bonchev–Trinajstić information content (AvgIpc) is 3.80. The lowest BCUT2D eigenvalue weighted by Crippen LogP contribution is -2.52. The molecule has 0 unspecified atom stereocenters. The first kappa shape index (κ1) is 32.3. The lowest BCUT2D eigenvalue weighted by Gasteiger charge is -2.29. The van der Waals surface area contributed by atoms with Crippen LogP contribution in [0.5, 0.6) is 0 Å². The smallest absolute Gasteiger partial charge is 0.306 e. The molecule has 5 aliphatic heterocycles. The van der Waals surface area contributed by atoms with Gasteiger partial charge in [-0.1, -0.05) is 13.8 Å². The SMILES string of the molecule is CCC1=C(C)c2cc3[nH]c(c4c5[nH]c(cc6nc(cc1n2)C(C)=C6CC)c(C)c5C(=O)N(NC(=O)c1cc[n+](C)cc1)C4=O)[C@H]1CCC(=O)O[C@@H]31. The number of esters is 1. The molecule has 0 saturated carbocycles. The summed E-state index contributed by atoms with van der Waals surface area (Å²) < 4.78 is 7.74. The van der Waals surface area contributed by atoms with Crippen LogP contribution in [0.15, 0.2) is 42.7 Å². The van der Waals surface area contributed by atoms with Gasteiger partial charge in [0, 0.05) is 35.7 Å². The Morgan fingerprint density at radius 2 is 1.53 bits per heavy atom. The molecule has 12 nitrogen and oxygen atoms in total. The summed E-state index contributed by atoms with van der Waals surface area (Å²) in [4.78, 5) is 72.1. The Morgan fingerprint density at radius 1 is 0.902 bits per heavy atom. The minimum absolute atomic E-state index is 0.165. The number of aromatic nitrogens is 5. The number of nitrogens with one attached hydrogen (secondary N) is 3. The van der Waals surface area contributed by atoms with Crippen molar-refractivity contribution >= 4 is 57.0 Å². The van der Waals surface area contributed by atoms with Crippen LogP contribution in [0.2, 0.25) is 0 Å². The van der Waals surface area contributed by atoms with Crippen molar-refractivity contribution in [2.45, 2.75) is 72.3 Å². The Kier molecular flexibility index (Phi) is 7.51. The van der Waals surface area contributed by atoms with Gasteiger partial charge < -0.3 is 14.7 Å². The Labute approximate surface area is 293 Å². The molecule has 51 heavy (non-hydrogen) atoms. The Bertz CT molecular complexity index is 2380. The van der Waals surface area contributed by atoms with E-state index >= 15 is 0 Å². The van der Waals surface area contributed by atoms with Gasteiger partial charge in [0.05, 0.1) is 50.7 Å². The van der Waals surface area contributed by atoms with Gasteiger partial charge in [-0.15, -0.1) is 0 Å². The van der Waals surface area contributed by atoms with E-state index in [4.69, 9.17) is 14.7 Å². The van der Waals surface area contributed by atoms with E-state index in [0.717, 1.165) is 62.9 Å². The van der Waals surface area contributed by atoms with Gasteiger partial charge in [0.15, 0.2) is 12.4 Å². The van der Waals surface area contributed by atoms with Crippen molar-refractivity contribution in [2.75, 3.05) is 0 Å². The number of fused-ring (bicyclic) bond motifs is 11. The van der Waals surface area contributed by atoms with Crippen LogP contribution in [-0.2, 0) is 16.6 Å². The molecule has 3 amide bonds. The topological polar surface area (TPSA) is 154 Å². The monoisotopic (exact) mass is 684 g/mol. The first-order valence-electron chi connectivity index (χ1n) is 17.3. The van der Waals surface area contributed by atoms with E-state index in [0.29, 0.717) is 34.4 Å². The molecule has 0 radical (unpaired) electrons. The van der Waals surface area contributed by atoms with Crippen molar-refractivity contribution in [2.24, 2.45) is 7.05 Å². The summed E-state index contributed by atoms with van der Waals surface area (Å²) in [7, 11) is 1.83. The maximum Gasteiger partial charge on any atom is 0.306 e. The summed E-state index contributed by atoms with van der Waals surface area (Å²) >= 11 is 0. The number of imide groups is 1. The molecule has 0 aliphatic carbocycles. The zero-order valence-electron chi connectivity index (χ0n) is 29.4. The lowest BCUT2D eigenvalue weighted by atomic mass is 9.88. The van der Waals surface area contributed by atoms with Crippen LogP contribution in [0.25, 0.3) is 33.3 Å². The van der Waals surface area contributed by atoms with Crippen molar-refractivity contribution in [3.05, 3.63) is 99.1 Å². The highest BCUT2D eigenvalue weighted by Crippen LogP contribution is 2.47. The van der Waals surface area contributed by atoms with E-state index in [1.165, 1.54) is 0 Å². The second kappa shape index (κ2) is 11.9. The third-order valence-electron chi connectivity index (χ3n) is 10.7. The van der Waals surface area contributed by atoms with E-state index in [1.54, 1.807) is 29.1 Å². The van der Waals surface area contributed by atoms with E-state index in [1.807, 2.05) is 39.1 Å². The largest absolute Gasteiger partial charge is 0.455 e. The molecule has 2 atom stereocenters. The van der Waals surface area contributed by atoms with Crippen molar-refractivity contribution in [3.63, 3.8) is 0 Å². The van der Waals surface area contributed by atoms with Crippen molar-refractivity contribution in [3.8, 4) is 0 Å². The van der Waals surface area contributed by atoms with Crippen LogP contribution in [0.4, 0.5) is 0 Å². The van der Waals surface area contributed by atoms with Gasteiger partial charge in [-0.25, -0.2) is 14.5 Å². The van der Waals surface area contributed by atoms with Gasteiger partial charge in [-0.05, 0) is 86.1 Å². The highest BCUT2D eigenvalue weighted by atomic mass is 16.5. The fraction of sp³-hybridized carbons (Fsp3) is 0.308. The second-order valence-electron chi connectivity index (χ2n) is 13.6. The molecule has 12 heteroatoms. The number of amides is 3. The Balaban J connectivity index is 1.45. The standard InChI is InChI=1S/C39H37N7O5/c1-7-22-18(3)25-15-28-23(8-2)19(4)26(41-28)17-30-36-24(9-10-31(47)51-36)34(43-30)33-35-32(20(5)27(42-35)16-29(22)40-25)38(49)46(39(33)50)44-37(48)21-11-13-45(6)14-12-21/h11-17,24,36,44,48H,7-10H2,1-6H3/p+1/t24-,36-/m1/s1. The van der Waals surface area contributed by atoms with Gasteiger partial charge in [0.1, 0.15) is 13.2 Å². The normalized spacial score (nSPS) is 18.9. The third-order valence-corrected chi connectivity index (χ3v) is 10.7. The molecule has 8 bridgehead atoms. The average molecular weight is 685 g/mol. The van der Waals surface area contributed by atoms with Gasteiger partial charge in [0.25, 0.3) is 17.7 Å². The first-order valence-corrected chi connectivity index (χ1v) is 17.3. The number of aryl methyl sites for hydroxylation is 2. The number of aromatic amines is 2. The number of hydrazine groups is 1. The maximum atomic E-state index is 14.6. The molecule has 1 fully saturated rings. The maximum absolute atomic E-state index is 14.6. The molecule has 3 aromatic rings.